The number of nitrogens with one attached hydrogen (secondary N) is 1. The summed E-state index contributed by atoms with van der Waals surface area (Å²) < 4.78 is 0.184. The molecule has 3 atom stereocenters. The molecular weight excluding hydrogens is 262 g/mol. The minimum Gasteiger partial charge on any atom is -0.317 e. The summed E-state index contributed by atoms with van der Waals surface area (Å²) in [6.07, 6.45) is 3.55. The van der Waals surface area contributed by atoms with Crippen LogP contribution in [0.5, 0.6) is 0 Å². The minimum atomic E-state index is 0.184. The van der Waals surface area contributed by atoms with Crippen molar-refractivity contribution in [3.8, 4) is 11.8 Å². The van der Waals surface area contributed by atoms with Gasteiger partial charge in [0.25, 0.3) is 0 Å². The fourth-order valence-electron chi connectivity index (χ4n) is 2.52. The minimum absolute atomic E-state index is 0.184. The first-order valence-corrected chi connectivity index (χ1v) is 8.36. The van der Waals surface area contributed by atoms with Gasteiger partial charge >= 0.3 is 0 Å². The molecule has 2 aliphatic rings. The molecule has 0 radical (unpaired) electrons. The van der Waals surface area contributed by atoms with Crippen LogP contribution >= 0.6 is 23.4 Å². The lowest BCUT2D eigenvalue weighted by Crippen LogP contribution is -2.27. The van der Waals surface area contributed by atoms with Crippen LogP contribution in [0.1, 0.15) is 40.0 Å². The lowest BCUT2D eigenvalue weighted by Gasteiger charge is -2.25. The summed E-state index contributed by atoms with van der Waals surface area (Å²) in [6, 6.07) is 0. The molecule has 0 aromatic carbocycles. The summed E-state index contributed by atoms with van der Waals surface area (Å²) in [4.78, 5) is 0. The highest BCUT2D eigenvalue weighted by Gasteiger charge is 2.38. The number of hydrogen-bond donors (Lipinski definition) is 1. The lowest BCUT2D eigenvalue weighted by atomic mass is 9.86. The summed E-state index contributed by atoms with van der Waals surface area (Å²) in [7, 11) is 0. The molecule has 0 aliphatic carbocycles. The molecule has 2 aliphatic heterocycles. The molecule has 18 heavy (non-hydrogen) atoms. The lowest BCUT2D eigenvalue weighted by molar-refractivity contribution is 0.375. The van der Waals surface area contributed by atoms with Crippen molar-refractivity contribution in [3.63, 3.8) is 0 Å². The van der Waals surface area contributed by atoms with Crippen molar-refractivity contribution >= 4 is 23.4 Å². The third kappa shape index (κ3) is 3.83. The molecule has 102 valence electrons. The summed E-state index contributed by atoms with van der Waals surface area (Å²) in [5, 5.41) is 4.03. The van der Waals surface area contributed by atoms with Crippen LogP contribution in [0.3, 0.4) is 0 Å². The predicted molar refractivity (Wildman–Crippen MR) is 82.0 cm³/mol. The van der Waals surface area contributed by atoms with Gasteiger partial charge in [-0.05, 0) is 37.8 Å². The highest BCUT2D eigenvalue weighted by molar-refractivity contribution is 8.02. The summed E-state index contributed by atoms with van der Waals surface area (Å²) in [5.41, 5.74) is 0.336. The zero-order chi connectivity index (χ0) is 13.2. The molecule has 2 heterocycles. The van der Waals surface area contributed by atoms with Gasteiger partial charge in [0.2, 0.25) is 0 Å². The van der Waals surface area contributed by atoms with Crippen LogP contribution in [0.2, 0.25) is 0 Å². The van der Waals surface area contributed by atoms with Crippen LogP contribution in [-0.2, 0) is 0 Å². The van der Waals surface area contributed by atoms with Gasteiger partial charge in [0, 0.05) is 17.1 Å². The van der Waals surface area contributed by atoms with Crippen molar-refractivity contribution in [1.82, 2.24) is 5.32 Å². The monoisotopic (exact) mass is 285 g/mol. The van der Waals surface area contributed by atoms with Gasteiger partial charge in [-0.15, -0.1) is 23.4 Å². The molecule has 1 N–H and O–H groups in total. The Morgan fingerprint density at radius 2 is 1.83 bits per heavy atom. The predicted octanol–water partition coefficient (Wildman–Crippen LogP) is 3.72. The average molecular weight is 286 g/mol. The largest absolute Gasteiger partial charge is 0.317 e. The molecule has 0 bridgehead atoms. The van der Waals surface area contributed by atoms with E-state index in [4.69, 9.17) is 11.6 Å². The van der Waals surface area contributed by atoms with Gasteiger partial charge < -0.3 is 5.32 Å². The van der Waals surface area contributed by atoms with Crippen molar-refractivity contribution in [3.05, 3.63) is 0 Å². The van der Waals surface area contributed by atoms with Crippen LogP contribution in [0.15, 0.2) is 0 Å². The number of hydrogen-bond acceptors (Lipinski definition) is 2. The Labute approximate surface area is 121 Å². The fraction of sp³-hybridized carbons (Fsp3) is 0.867. The molecule has 0 saturated carbocycles. The van der Waals surface area contributed by atoms with Gasteiger partial charge in [-0.3, -0.25) is 0 Å². The number of alkyl halides is 1. The van der Waals surface area contributed by atoms with Gasteiger partial charge in [-0.1, -0.05) is 32.6 Å². The van der Waals surface area contributed by atoms with Gasteiger partial charge in [-0.25, -0.2) is 0 Å². The Bertz CT molecular complexity index is 333. The summed E-state index contributed by atoms with van der Waals surface area (Å²) in [5.74, 6) is 7.93. The van der Waals surface area contributed by atoms with E-state index < -0.39 is 0 Å². The Morgan fingerprint density at radius 3 is 2.39 bits per heavy atom. The van der Waals surface area contributed by atoms with Crippen molar-refractivity contribution < 1.29 is 0 Å². The Morgan fingerprint density at radius 1 is 1.17 bits per heavy atom. The van der Waals surface area contributed by atoms with Gasteiger partial charge in [0.05, 0.1) is 4.71 Å². The Balaban J connectivity index is 1.92. The molecule has 0 aromatic rings. The molecule has 1 nitrogen and oxygen atoms in total. The first kappa shape index (κ1) is 14.6. The number of rotatable bonds is 0. The normalized spacial score (nSPS) is 34.1. The molecule has 2 rings (SSSR count). The molecule has 0 spiro atoms. The van der Waals surface area contributed by atoms with E-state index in [-0.39, 0.29) is 4.71 Å². The molecule has 2 fully saturated rings. The van der Waals surface area contributed by atoms with Gasteiger partial charge in [0.15, 0.2) is 0 Å². The molecule has 3 unspecified atom stereocenters. The summed E-state index contributed by atoms with van der Waals surface area (Å²) >= 11 is 8.36. The quantitative estimate of drug-likeness (QED) is 0.538. The van der Waals surface area contributed by atoms with Crippen molar-refractivity contribution in [2.45, 2.75) is 50.0 Å². The SMILES string of the molecule is CC(C)(C)C1CC(C#CC2CCNCC2)C(Cl)S1. The van der Waals surface area contributed by atoms with E-state index in [9.17, 15) is 0 Å². The zero-order valence-electron chi connectivity index (χ0n) is 11.6. The van der Waals surface area contributed by atoms with E-state index in [1.165, 1.54) is 12.8 Å². The molecule has 3 heteroatoms. The third-order valence-electron chi connectivity index (χ3n) is 3.86. The average Bonchev–Trinajstić information content (AvgIpc) is 2.69. The highest BCUT2D eigenvalue weighted by Crippen LogP contribution is 2.47. The molecule has 0 amide bonds. The van der Waals surface area contributed by atoms with Gasteiger partial charge in [-0.2, -0.15) is 0 Å². The Hall–Kier alpha value is 0.160. The van der Waals surface area contributed by atoms with E-state index in [0.717, 1.165) is 19.5 Å². The van der Waals surface area contributed by atoms with E-state index in [0.29, 0.717) is 22.5 Å². The number of thioether (sulfide) groups is 1. The molecule has 0 aromatic heterocycles. The maximum Gasteiger partial charge on any atom is 0.0929 e. The van der Waals surface area contributed by atoms with E-state index in [1.54, 1.807) is 0 Å². The molecular formula is C15H24ClNS. The standard InChI is InChI=1S/C15H24ClNS/c1-15(2,3)13-10-12(14(16)18-13)5-4-11-6-8-17-9-7-11/h11-14,17H,6-10H2,1-3H3. The maximum atomic E-state index is 6.44. The van der Waals surface area contributed by atoms with Crippen LogP contribution in [0, 0.1) is 29.1 Å². The van der Waals surface area contributed by atoms with Crippen LogP contribution < -0.4 is 5.32 Å². The number of halogens is 1. The van der Waals surface area contributed by atoms with Crippen LogP contribution in [0.4, 0.5) is 0 Å². The second kappa shape index (κ2) is 6.07. The smallest absolute Gasteiger partial charge is 0.0929 e. The van der Waals surface area contributed by atoms with Crippen molar-refractivity contribution in [2.24, 2.45) is 17.3 Å². The summed E-state index contributed by atoms with van der Waals surface area (Å²) in [6.45, 7) is 9.14. The second-order valence-electron chi connectivity index (χ2n) is 6.50. The van der Waals surface area contributed by atoms with E-state index >= 15 is 0 Å². The third-order valence-corrected chi connectivity index (χ3v) is 6.29. The van der Waals surface area contributed by atoms with E-state index in [1.807, 2.05) is 11.8 Å². The van der Waals surface area contributed by atoms with Gasteiger partial charge in [0.1, 0.15) is 0 Å². The second-order valence-corrected chi connectivity index (χ2v) is 8.58. The highest BCUT2D eigenvalue weighted by atomic mass is 35.5. The van der Waals surface area contributed by atoms with Crippen LogP contribution in [-0.4, -0.2) is 23.0 Å². The maximum absolute atomic E-state index is 6.44. The first-order valence-electron chi connectivity index (χ1n) is 6.98. The van der Waals surface area contributed by atoms with Crippen LogP contribution in [0.25, 0.3) is 0 Å². The Kier molecular flexibility index (Phi) is 4.92. The van der Waals surface area contributed by atoms with E-state index in [2.05, 4.69) is 37.9 Å². The zero-order valence-corrected chi connectivity index (χ0v) is 13.2. The van der Waals surface area contributed by atoms with Crippen molar-refractivity contribution in [2.75, 3.05) is 13.1 Å². The fourth-order valence-corrected chi connectivity index (χ4v) is 4.47. The topological polar surface area (TPSA) is 12.0 Å². The molecule has 2 saturated heterocycles. The first-order chi connectivity index (χ1) is 8.47. The van der Waals surface area contributed by atoms with Crippen molar-refractivity contribution in [1.29, 1.82) is 0 Å². The number of piperidine rings is 1.